The Kier molecular flexibility index (Phi) is 3.54. The highest BCUT2D eigenvalue weighted by Crippen LogP contribution is 2.18. The van der Waals surface area contributed by atoms with Crippen molar-refractivity contribution in [3.8, 4) is 0 Å². The van der Waals surface area contributed by atoms with Crippen LogP contribution in [-0.4, -0.2) is 45.0 Å². The van der Waals surface area contributed by atoms with Crippen LogP contribution in [-0.2, 0) is 16.6 Å². The van der Waals surface area contributed by atoms with Crippen molar-refractivity contribution in [1.82, 2.24) is 20.0 Å². The predicted octanol–water partition coefficient (Wildman–Crippen LogP) is 0.657. The van der Waals surface area contributed by atoms with E-state index in [2.05, 4.69) is 10.4 Å². The molecule has 2 aliphatic heterocycles. The largest absolute Gasteiger partial charge is 0.376 e. The third-order valence-corrected chi connectivity index (χ3v) is 3.85. The predicted molar refractivity (Wildman–Crippen MR) is 77.6 cm³/mol. The zero-order chi connectivity index (χ0) is 14.1. The van der Waals surface area contributed by atoms with E-state index in [1.165, 1.54) is 0 Å². The average Bonchev–Trinajstić information content (AvgIpc) is 3.11. The molecule has 1 aromatic heterocycles. The van der Waals surface area contributed by atoms with Crippen LogP contribution in [0.4, 0.5) is 0 Å². The molecule has 2 saturated heterocycles. The zero-order valence-electron chi connectivity index (χ0n) is 11.2. The SMILES string of the molecule is Cn1nccc1/C=C1/NC(=S)N(CC2CCCO2)C1=O. The monoisotopic (exact) mass is 292 g/mol. The molecule has 7 heteroatoms. The average molecular weight is 292 g/mol. The van der Waals surface area contributed by atoms with Gasteiger partial charge in [-0.1, -0.05) is 0 Å². The summed E-state index contributed by atoms with van der Waals surface area (Å²) in [4.78, 5) is 13.9. The molecule has 3 rings (SSSR count). The van der Waals surface area contributed by atoms with Gasteiger partial charge in [0.1, 0.15) is 5.70 Å². The number of nitrogens with one attached hydrogen (secondary N) is 1. The van der Waals surface area contributed by atoms with Crippen molar-refractivity contribution in [2.24, 2.45) is 7.05 Å². The van der Waals surface area contributed by atoms with Crippen LogP contribution in [0.25, 0.3) is 6.08 Å². The van der Waals surface area contributed by atoms with Gasteiger partial charge in [0.15, 0.2) is 5.11 Å². The first-order valence-electron chi connectivity index (χ1n) is 6.59. The van der Waals surface area contributed by atoms with Crippen LogP contribution in [0.5, 0.6) is 0 Å². The minimum Gasteiger partial charge on any atom is -0.376 e. The normalized spacial score (nSPS) is 24.8. The molecule has 1 atom stereocenters. The van der Waals surface area contributed by atoms with Crippen molar-refractivity contribution in [1.29, 1.82) is 0 Å². The lowest BCUT2D eigenvalue weighted by molar-refractivity contribution is -0.123. The number of carbonyl (C=O) groups excluding carboxylic acids is 1. The molecule has 20 heavy (non-hydrogen) atoms. The molecule has 0 bridgehead atoms. The Hall–Kier alpha value is -1.73. The number of nitrogens with zero attached hydrogens (tertiary/aromatic N) is 3. The Morgan fingerprint density at radius 3 is 3.15 bits per heavy atom. The van der Waals surface area contributed by atoms with Gasteiger partial charge in [0.25, 0.3) is 5.91 Å². The molecule has 2 aliphatic rings. The van der Waals surface area contributed by atoms with E-state index in [0.717, 1.165) is 25.1 Å². The molecule has 0 saturated carbocycles. The van der Waals surface area contributed by atoms with Gasteiger partial charge >= 0.3 is 0 Å². The minimum atomic E-state index is -0.105. The number of rotatable bonds is 3. The number of aryl methyl sites for hydroxylation is 1. The molecule has 1 amide bonds. The molecular formula is C13H16N4O2S. The summed E-state index contributed by atoms with van der Waals surface area (Å²) in [5.41, 5.74) is 1.33. The quantitative estimate of drug-likeness (QED) is 0.655. The van der Waals surface area contributed by atoms with E-state index in [4.69, 9.17) is 17.0 Å². The lowest BCUT2D eigenvalue weighted by atomic mass is 10.2. The van der Waals surface area contributed by atoms with Crippen LogP contribution in [0.3, 0.4) is 0 Å². The maximum Gasteiger partial charge on any atom is 0.276 e. The van der Waals surface area contributed by atoms with E-state index in [9.17, 15) is 4.79 Å². The Bertz CT molecular complexity index is 575. The Morgan fingerprint density at radius 2 is 2.50 bits per heavy atom. The smallest absolute Gasteiger partial charge is 0.276 e. The molecule has 1 unspecified atom stereocenters. The number of amides is 1. The van der Waals surface area contributed by atoms with Crippen molar-refractivity contribution in [3.63, 3.8) is 0 Å². The Labute approximate surface area is 122 Å². The maximum atomic E-state index is 12.4. The third-order valence-electron chi connectivity index (χ3n) is 3.52. The molecule has 106 valence electrons. The van der Waals surface area contributed by atoms with Gasteiger partial charge in [-0.25, -0.2) is 0 Å². The van der Waals surface area contributed by atoms with Crippen LogP contribution < -0.4 is 5.32 Å². The van der Waals surface area contributed by atoms with Crippen molar-refractivity contribution in [2.45, 2.75) is 18.9 Å². The molecule has 1 aromatic rings. The summed E-state index contributed by atoms with van der Waals surface area (Å²) in [7, 11) is 1.83. The van der Waals surface area contributed by atoms with E-state index >= 15 is 0 Å². The van der Waals surface area contributed by atoms with Gasteiger partial charge in [0.2, 0.25) is 0 Å². The fourth-order valence-corrected chi connectivity index (χ4v) is 2.67. The lowest BCUT2D eigenvalue weighted by Gasteiger charge is -2.18. The minimum absolute atomic E-state index is 0.0924. The van der Waals surface area contributed by atoms with Gasteiger partial charge in [-0.05, 0) is 37.2 Å². The summed E-state index contributed by atoms with van der Waals surface area (Å²) in [5, 5.41) is 7.48. The highest BCUT2D eigenvalue weighted by molar-refractivity contribution is 7.80. The van der Waals surface area contributed by atoms with Gasteiger partial charge in [-0.15, -0.1) is 0 Å². The summed E-state index contributed by atoms with van der Waals surface area (Å²) in [5.74, 6) is -0.105. The van der Waals surface area contributed by atoms with Gasteiger partial charge in [0, 0.05) is 19.9 Å². The van der Waals surface area contributed by atoms with E-state index in [0.29, 0.717) is 17.4 Å². The molecule has 2 fully saturated rings. The van der Waals surface area contributed by atoms with Crippen LogP contribution in [0.2, 0.25) is 0 Å². The van der Waals surface area contributed by atoms with Gasteiger partial charge in [0.05, 0.1) is 18.3 Å². The molecule has 0 aromatic carbocycles. The van der Waals surface area contributed by atoms with E-state index < -0.39 is 0 Å². The van der Waals surface area contributed by atoms with Crippen molar-refractivity contribution >= 4 is 29.3 Å². The lowest BCUT2D eigenvalue weighted by Crippen LogP contribution is -2.37. The van der Waals surface area contributed by atoms with E-state index in [1.54, 1.807) is 21.9 Å². The highest BCUT2D eigenvalue weighted by atomic mass is 32.1. The molecule has 1 N–H and O–H groups in total. The standard InChI is InChI=1S/C13H16N4O2S/c1-16-9(4-5-14-16)7-11-12(18)17(13(20)15-11)8-10-3-2-6-19-10/h4-5,7,10H,2-3,6,8H2,1H3,(H,15,20)/b11-7+. The van der Waals surface area contributed by atoms with Gasteiger partial charge < -0.3 is 10.1 Å². The second kappa shape index (κ2) is 5.34. The van der Waals surface area contributed by atoms with Crippen LogP contribution in [0.1, 0.15) is 18.5 Å². The van der Waals surface area contributed by atoms with E-state index in [1.807, 2.05) is 13.1 Å². The topological polar surface area (TPSA) is 59.4 Å². The van der Waals surface area contributed by atoms with Crippen LogP contribution in [0.15, 0.2) is 18.0 Å². The Morgan fingerprint density at radius 1 is 1.65 bits per heavy atom. The number of aromatic nitrogens is 2. The van der Waals surface area contributed by atoms with E-state index in [-0.39, 0.29) is 12.0 Å². The van der Waals surface area contributed by atoms with Crippen LogP contribution >= 0.6 is 12.2 Å². The first kappa shape index (κ1) is 13.3. The van der Waals surface area contributed by atoms with Crippen molar-refractivity contribution in [2.75, 3.05) is 13.2 Å². The molecule has 3 heterocycles. The molecule has 0 aliphatic carbocycles. The van der Waals surface area contributed by atoms with Crippen LogP contribution in [0, 0.1) is 0 Å². The molecule has 0 radical (unpaired) electrons. The highest BCUT2D eigenvalue weighted by Gasteiger charge is 2.33. The summed E-state index contributed by atoms with van der Waals surface area (Å²) < 4.78 is 7.26. The number of carbonyl (C=O) groups is 1. The number of hydrogen-bond acceptors (Lipinski definition) is 4. The molecular weight excluding hydrogens is 276 g/mol. The summed E-state index contributed by atoms with van der Waals surface area (Å²) in [6, 6.07) is 1.84. The number of hydrogen-bond donors (Lipinski definition) is 1. The number of thiocarbonyl (C=S) groups is 1. The van der Waals surface area contributed by atoms with Crippen molar-refractivity contribution in [3.05, 3.63) is 23.7 Å². The van der Waals surface area contributed by atoms with Gasteiger partial charge in [-0.2, -0.15) is 5.10 Å². The fraction of sp³-hybridized carbons (Fsp3) is 0.462. The van der Waals surface area contributed by atoms with Crippen molar-refractivity contribution < 1.29 is 9.53 Å². The summed E-state index contributed by atoms with van der Waals surface area (Å²) in [6.45, 7) is 1.29. The summed E-state index contributed by atoms with van der Waals surface area (Å²) >= 11 is 5.23. The van der Waals surface area contributed by atoms with Gasteiger partial charge in [-0.3, -0.25) is 14.4 Å². The first-order valence-corrected chi connectivity index (χ1v) is 7.00. The zero-order valence-corrected chi connectivity index (χ0v) is 12.0. The summed E-state index contributed by atoms with van der Waals surface area (Å²) in [6.07, 6.45) is 5.57. The maximum absolute atomic E-state index is 12.4. The molecule has 0 spiro atoms. The second-order valence-corrected chi connectivity index (χ2v) is 5.31. The molecule has 6 nitrogen and oxygen atoms in total. The Balaban J connectivity index is 1.76. The second-order valence-electron chi connectivity index (χ2n) is 4.92. The third kappa shape index (κ3) is 2.46. The number of ether oxygens (including phenoxy) is 1. The first-order chi connectivity index (χ1) is 9.65. The fourth-order valence-electron chi connectivity index (χ4n) is 2.40.